The number of rotatable bonds is 2. The average Bonchev–Trinajstić information content (AvgIpc) is 3.52. The molecular weight excluding hydrogens is 457 g/mol. The predicted octanol–water partition coefficient (Wildman–Crippen LogP) is 4.63. The number of nitrogen functional groups attached to an aromatic ring is 1. The maximum absolute atomic E-state index is 14.4. The van der Waals surface area contributed by atoms with Crippen molar-refractivity contribution < 1.29 is 9.50 Å². The van der Waals surface area contributed by atoms with Gasteiger partial charge in [0.25, 0.3) is 0 Å². The number of aliphatic hydroxyl groups is 1. The summed E-state index contributed by atoms with van der Waals surface area (Å²) < 4.78 is 16.4. The fraction of sp³-hybridized carbons (Fsp3) is 0.458. The van der Waals surface area contributed by atoms with Crippen molar-refractivity contribution in [3.05, 3.63) is 47.4 Å². The highest BCUT2D eigenvalue weighted by molar-refractivity contribution is 6.33. The quantitative estimate of drug-likeness (QED) is 0.482. The summed E-state index contributed by atoms with van der Waals surface area (Å²) in [6, 6.07) is 3.35. The lowest BCUT2D eigenvalue weighted by Crippen LogP contribution is -2.14. The van der Waals surface area contributed by atoms with Gasteiger partial charge in [-0.25, -0.2) is 19.3 Å². The van der Waals surface area contributed by atoms with E-state index in [2.05, 4.69) is 25.2 Å². The number of fused-ring (bicyclic) bond motifs is 1. The summed E-state index contributed by atoms with van der Waals surface area (Å²) in [5, 5.41) is 12.1. The van der Waals surface area contributed by atoms with Crippen molar-refractivity contribution in [1.82, 2.24) is 29.7 Å². The second kappa shape index (κ2) is 11.5. The van der Waals surface area contributed by atoms with Crippen LogP contribution in [0.4, 0.5) is 10.3 Å². The maximum Gasteiger partial charge on any atom is 0.220 e. The van der Waals surface area contributed by atoms with Gasteiger partial charge in [0.1, 0.15) is 11.3 Å². The van der Waals surface area contributed by atoms with Crippen molar-refractivity contribution in [2.45, 2.75) is 58.6 Å². The molecule has 1 aliphatic heterocycles. The van der Waals surface area contributed by atoms with Crippen LogP contribution in [0.15, 0.2) is 30.7 Å². The molecule has 10 heteroatoms. The third kappa shape index (κ3) is 6.36. The Hall–Kier alpha value is -2.91. The lowest BCUT2D eigenvalue weighted by molar-refractivity contribution is 0.183. The van der Waals surface area contributed by atoms with Crippen LogP contribution in [-0.2, 0) is 0 Å². The van der Waals surface area contributed by atoms with Gasteiger partial charge in [-0.2, -0.15) is 0 Å². The van der Waals surface area contributed by atoms with E-state index in [0.717, 1.165) is 25.3 Å². The molecule has 1 aromatic carbocycles. The smallest absolute Gasteiger partial charge is 0.220 e. The molecule has 0 bridgehead atoms. The van der Waals surface area contributed by atoms with E-state index in [1.54, 1.807) is 0 Å². The van der Waals surface area contributed by atoms with Crippen LogP contribution in [-0.4, -0.2) is 49.3 Å². The highest BCUT2D eigenvalue weighted by Crippen LogP contribution is 2.31. The topological polar surface area (TPSA) is 105 Å². The number of anilines is 1. The number of halogens is 2. The molecule has 1 saturated carbocycles. The minimum atomic E-state index is -0.414. The molecule has 0 spiro atoms. The van der Waals surface area contributed by atoms with Gasteiger partial charge in [-0.15, -0.1) is 0 Å². The molecule has 4 N–H and O–H groups in total. The summed E-state index contributed by atoms with van der Waals surface area (Å²) in [4.78, 5) is 14.3. The molecule has 0 radical (unpaired) electrons. The second-order valence-corrected chi connectivity index (χ2v) is 9.15. The predicted molar refractivity (Wildman–Crippen MR) is 135 cm³/mol. The molecule has 3 aromatic rings. The van der Waals surface area contributed by atoms with E-state index < -0.39 is 5.82 Å². The number of aliphatic hydroxyl groups excluding tert-OH is 1. The molecule has 0 atom stereocenters. The van der Waals surface area contributed by atoms with Crippen molar-refractivity contribution in [2.75, 3.05) is 19.5 Å². The molecule has 1 aliphatic carbocycles. The number of benzene rings is 1. The normalized spacial score (nSPS) is 15.2. The highest BCUT2D eigenvalue weighted by atomic mass is 35.5. The summed E-state index contributed by atoms with van der Waals surface area (Å²) >= 11 is 6.12. The van der Waals surface area contributed by atoms with Crippen LogP contribution in [0.3, 0.4) is 0 Å². The van der Waals surface area contributed by atoms with E-state index in [1.807, 2.05) is 50.9 Å². The first kappa shape index (κ1) is 25.7. The minimum absolute atomic E-state index is 0.0463. The molecule has 8 nitrogen and oxygen atoms in total. The first-order chi connectivity index (χ1) is 16.2. The molecule has 0 saturated heterocycles. The molecule has 2 aliphatic rings. The average molecular weight is 490 g/mol. The van der Waals surface area contributed by atoms with Crippen LogP contribution in [0, 0.1) is 12.7 Å². The first-order valence-corrected chi connectivity index (χ1v) is 11.8. The molecule has 34 heavy (non-hydrogen) atoms. The van der Waals surface area contributed by atoms with E-state index in [-0.39, 0.29) is 18.1 Å². The van der Waals surface area contributed by atoms with Gasteiger partial charge in [0.05, 0.1) is 35.2 Å². The third-order valence-corrected chi connectivity index (χ3v) is 5.87. The Morgan fingerprint density at radius 1 is 1.24 bits per heavy atom. The van der Waals surface area contributed by atoms with Gasteiger partial charge in [-0.1, -0.05) is 24.4 Å². The Kier molecular flexibility index (Phi) is 8.68. The van der Waals surface area contributed by atoms with Crippen LogP contribution in [0.25, 0.3) is 22.3 Å². The molecule has 0 unspecified atom stereocenters. The number of imidazole rings is 1. The summed E-state index contributed by atoms with van der Waals surface area (Å²) in [5.41, 5.74) is 7.60. The van der Waals surface area contributed by atoms with Crippen LogP contribution in [0.5, 0.6) is 0 Å². The standard InChI is InChI=1S/C15H15ClFN5.C5H10O.C4H8N2/c1-7(2)22-8(3)20-14-11(17)4-9(5-12(14)22)13-10(16)6-19-15(18)21-13;6-5-3-1-2-4-5;1-6-3-2-5-4-6/h4-7H,1-3H3,(H2,18,19,21);5-6H,1-4H2;2-3,5H,4H2,1H3. The molecular formula is C24H33ClFN7O. The Morgan fingerprint density at radius 3 is 2.44 bits per heavy atom. The number of nitrogens with one attached hydrogen (secondary N) is 1. The Morgan fingerprint density at radius 2 is 1.94 bits per heavy atom. The lowest BCUT2D eigenvalue weighted by Gasteiger charge is -2.12. The minimum Gasteiger partial charge on any atom is -0.393 e. The summed E-state index contributed by atoms with van der Waals surface area (Å²) in [6.07, 6.45) is 9.94. The molecule has 5 rings (SSSR count). The van der Waals surface area contributed by atoms with E-state index in [4.69, 9.17) is 22.4 Å². The van der Waals surface area contributed by atoms with Gasteiger partial charge in [0, 0.05) is 31.1 Å². The van der Waals surface area contributed by atoms with Gasteiger partial charge in [0.15, 0.2) is 5.82 Å². The van der Waals surface area contributed by atoms with Crippen molar-refractivity contribution >= 4 is 28.6 Å². The Labute approximate surface area is 204 Å². The summed E-state index contributed by atoms with van der Waals surface area (Å²) in [5.74, 6) is 0.436. The van der Waals surface area contributed by atoms with E-state index in [1.165, 1.54) is 25.1 Å². The zero-order valence-electron chi connectivity index (χ0n) is 20.1. The number of aryl methyl sites for hydroxylation is 1. The van der Waals surface area contributed by atoms with E-state index >= 15 is 0 Å². The molecule has 3 heterocycles. The SMILES string of the molecule is CN1C=CNC1.Cc1nc2c(F)cc(-c3nc(N)ncc3Cl)cc2n1C(C)C.OC1CCCC1. The summed E-state index contributed by atoms with van der Waals surface area (Å²) in [6.45, 7) is 6.86. The van der Waals surface area contributed by atoms with Gasteiger partial charge in [-0.05, 0) is 45.7 Å². The lowest BCUT2D eigenvalue weighted by atomic mass is 10.1. The number of nitrogens with zero attached hydrogens (tertiary/aromatic N) is 5. The molecule has 1 fully saturated rings. The largest absolute Gasteiger partial charge is 0.393 e. The van der Waals surface area contributed by atoms with Crippen LogP contribution >= 0.6 is 11.6 Å². The van der Waals surface area contributed by atoms with Crippen molar-refractivity contribution in [3.8, 4) is 11.3 Å². The third-order valence-electron chi connectivity index (χ3n) is 5.59. The fourth-order valence-corrected chi connectivity index (χ4v) is 4.17. The zero-order chi connectivity index (χ0) is 24.8. The summed E-state index contributed by atoms with van der Waals surface area (Å²) in [7, 11) is 2.02. The van der Waals surface area contributed by atoms with E-state index in [0.29, 0.717) is 27.3 Å². The van der Waals surface area contributed by atoms with Gasteiger partial charge >= 0.3 is 0 Å². The molecule has 184 valence electrons. The van der Waals surface area contributed by atoms with Gasteiger partial charge in [0.2, 0.25) is 5.95 Å². The van der Waals surface area contributed by atoms with Crippen molar-refractivity contribution in [2.24, 2.45) is 0 Å². The number of hydrogen-bond donors (Lipinski definition) is 3. The van der Waals surface area contributed by atoms with Crippen molar-refractivity contribution in [3.63, 3.8) is 0 Å². The second-order valence-electron chi connectivity index (χ2n) is 8.75. The maximum atomic E-state index is 14.4. The first-order valence-electron chi connectivity index (χ1n) is 11.4. The zero-order valence-corrected chi connectivity index (χ0v) is 20.8. The Balaban J connectivity index is 0.000000219. The highest BCUT2D eigenvalue weighted by Gasteiger charge is 2.17. The molecule has 0 amide bonds. The van der Waals surface area contributed by atoms with Crippen LogP contribution < -0.4 is 11.1 Å². The number of aromatic nitrogens is 4. The number of nitrogens with two attached hydrogens (primary N) is 1. The van der Waals surface area contributed by atoms with E-state index in [9.17, 15) is 4.39 Å². The van der Waals surface area contributed by atoms with Gasteiger partial charge in [-0.3, -0.25) is 0 Å². The fourth-order valence-electron chi connectivity index (χ4n) is 3.97. The number of hydrogen-bond acceptors (Lipinski definition) is 7. The molecule has 2 aromatic heterocycles. The van der Waals surface area contributed by atoms with Crippen molar-refractivity contribution in [1.29, 1.82) is 0 Å². The van der Waals surface area contributed by atoms with Gasteiger partial charge < -0.3 is 25.6 Å². The van der Waals surface area contributed by atoms with Crippen LogP contribution in [0.2, 0.25) is 5.02 Å². The monoisotopic (exact) mass is 489 g/mol. The Bertz CT molecular complexity index is 1140. The van der Waals surface area contributed by atoms with Crippen LogP contribution in [0.1, 0.15) is 51.4 Å².